The molecule has 0 aliphatic rings. The van der Waals surface area contributed by atoms with E-state index in [1.165, 1.54) is 0 Å². The monoisotopic (exact) mass is 255 g/mol. The van der Waals surface area contributed by atoms with Crippen molar-refractivity contribution in [2.75, 3.05) is 0 Å². The van der Waals surface area contributed by atoms with E-state index in [2.05, 4.69) is 15.3 Å². The summed E-state index contributed by atoms with van der Waals surface area (Å²) in [6, 6.07) is 9.06. The van der Waals surface area contributed by atoms with E-state index < -0.39 is 0 Å². The topological polar surface area (TPSA) is 70.9 Å². The van der Waals surface area contributed by atoms with Crippen molar-refractivity contribution in [1.82, 2.24) is 15.3 Å². The van der Waals surface area contributed by atoms with Crippen LogP contribution in [0.1, 0.15) is 29.3 Å². The largest absolute Gasteiger partial charge is 0.451 e. The molecule has 2 aromatic heterocycles. The van der Waals surface area contributed by atoms with E-state index in [0.717, 1.165) is 5.39 Å². The maximum Gasteiger partial charge on any atom is 0.287 e. The second kappa shape index (κ2) is 4.61. The summed E-state index contributed by atoms with van der Waals surface area (Å²) in [5.74, 6) is 0.768. The van der Waals surface area contributed by atoms with Gasteiger partial charge in [0.15, 0.2) is 5.76 Å². The molecule has 0 bridgehead atoms. The van der Waals surface area contributed by atoms with Crippen molar-refractivity contribution in [2.45, 2.75) is 13.0 Å². The zero-order valence-electron chi connectivity index (χ0n) is 10.4. The molecule has 5 nitrogen and oxygen atoms in total. The van der Waals surface area contributed by atoms with Gasteiger partial charge in [0.1, 0.15) is 11.4 Å². The molecular formula is C14H13N3O2. The normalized spacial score (nSPS) is 12.5. The summed E-state index contributed by atoms with van der Waals surface area (Å²) < 4.78 is 5.51. The van der Waals surface area contributed by atoms with Crippen molar-refractivity contribution in [3.05, 3.63) is 54.3 Å². The highest BCUT2D eigenvalue weighted by Gasteiger charge is 2.16. The number of rotatable bonds is 3. The Kier molecular flexibility index (Phi) is 2.79. The van der Waals surface area contributed by atoms with Crippen molar-refractivity contribution in [2.24, 2.45) is 0 Å². The fourth-order valence-electron chi connectivity index (χ4n) is 1.94. The molecule has 19 heavy (non-hydrogen) atoms. The van der Waals surface area contributed by atoms with Crippen LogP contribution in [-0.2, 0) is 0 Å². The van der Waals surface area contributed by atoms with E-state index in [4.69, 9.17) is 4.42 Å². The summed E-state index contributed by atoms with van der Waals surface area (Å²) in [4.78, 5) is 19.1. The van der Waals surface area contributed by atoms with Crippen molar-refractivity contribution in [1.29, 1.82) is 0 Å². The Morgan fingerprint density at radius 1 is 1.42 bits per heavy atom. The predicted molar refractivity (Wildman–Crippen MR) is 70.7 cm³/mol. The van der Waals surface area contributed by atoms with Gasteiger partial charge in [-0.15, -0.1) is 0 Å². The first-order valence-corrected chi connectivity index (χ1v) is 6.03. The fourth-order valence-corrected chi connectivity index (χ4v) is 1.94. The van der Waals surface area contributed by atoms with Gasteiger partial charge in [-0.25, -0.2) is 4.98 Å². The van der Waals surface area contributed by atoms with Crippen molar-refractivity contribution in [3.63, 3.8) is 0 Å². The minimum atomic E-state index is -0.250. The number of para-hydroxylation sites is 1. The van der Waals surface area contributed by atoms with Gasteiger partial charge in [0.25, 0.3) is 5.91 Å². The molecule has 3 aromatic rings. The van der Waals surface area contributed by atoms with E-state index >= 15 is 0 Å². The lowest BCUT2D eigenvalue weighted by molar-refractivity contribution is 0.0912. The number of furan rings is 1. The van der Waals surface area contributed by atoms with Crippen LogP contribution in [-0.4, -0.2) is 15.9 Å². The number of aromatic amines is 1. The van der Waals surface area contributed by atoms with Crippen molar-refractivity contribution in [3.8, 4) is 0 Å². The van der Waals surface area contributed by atoms with Crippen LogP contribution in [0.5, 0.6) is 0 Å². The lowest BCUT2D eigenvalue weighted by Gasteiger charge is -2.09. The highest BCUT2D eigenvalue weighted by atomic mass is 16.3. The summed E-state index contributed by atoms with van der Waals surface area (Å²) >= 11 is 0. The number of imidazole rings is 1. The quantitative estimate of drug-likeness (QED) is 0.755. The standard InChI is InChI=1S/C14H13N3O2/c1-9(13-15-6-7-16-13)17-14(18)12-8-10-4-2-3-5-11(10)19-12/h2-9H,1H3,(H,15,16)(H,17,18). The first-order chi connectivity index (χ1) is 9.24. The van der Waals surface area contributed by atoms with Crippen LogP contribution in [0, 0.1) is 0 Å². The van der Waals surface area contributed by atoms with Gasteiger partial charge in [-0.3, -0.25) is 4.79 Å². The van der Waals surface area contributed by atoms with Gasteiger partial charge in [-0.05, 0) is 19.1 Å². The molecule has 1 unspecified atom stereocenters. The molecule has 0 saturated heterocycles. The summed E-state index contributed by atoms with van der Waals surface area (Å²) in [5.41, 5.74) is 0.707. The van der Waals surface area contributed by atoms with E-state index in [-0.39, 0.29) is 11.9 Å². The number of carbonyl (C=O) groups is 1. The summed E-state index contributed by atoms with van der Waals surface area (Å²) in [6.45, 7) is 1.86. The molecule has 1 atom stereocenters. The van der Waals surface area contributed by atoms with Crippen molar-refractivity contribution < 1.29 is 9.21 Å². The van der Waals surface area contributed by atoms with Crippen LogP contribution < -0.4 is 5.32 Å². The first kappa shape index (κ1) is 11.5. The number of aromatic nitrogens is 2. The summed E-state index contributed by atoms with van der Waals surface area (Å²) in [5, 5.41) is 3.75. The molecule has 1 amide bonds. The average Bonchev–Trinajstić information content (AvgIpc) is 3.07. The number of amides is 1. The van der Waals surface area contributed by atoms with Gasteiger partial charge in [0.2, 0.25) is 0 Å². The lowest BCUT2D eigenvalue weighted by Crippen LogP contribution is -2.26. The molecular weight excluding hydrogens is 242 g/mol. The third-order valence-electron chi connectivity index (χ3n) is 2.93. The third kappa shape index (κ3) is 2.22. The Balaban J connectivity index is 1.80. The minimum absolute atomic E-state index is 0.198. The van der Waals surface area contributed by atoms with E-state index in [1.807, 2.05) is 31.2 Å². The highest BCUT2D eigenvalue weighted by molar-refractivity contribution is 5.96. The molecule has 5 heteroatoms. The van der Waals surface area contributed by atoms with Gasteiger partial charge < -0.3 is 14.7 Å². The van der Waals surface area contributed by atoms with Crippen LogP contribution in [0.25, 0.3) is 11.0 Å². The van der Waals surface area contributed by atoms with Gasteiger partial charge in [-0.2, -0.15) is 0 Å². The molecule has 0 radical (unpaired) electrons. The van der Waals surface area contributed by atoms with Crippen LogP contribution in [0.3, 0.4) is 0 Å². The van der Waals surface area contributed by atoms with Crippen LogP contribution in [0.4, 0.5) is 0 Å². The molecule has 0 fully saturated rings. The average molecular weight is 255 g/mol. The zero-order valence-corrected chi connectivity index (χ0v) is 10.4. The zero-order chi connectivity index (χ0) is 13.2. The van der Waals surface area contributed by atoms with Gasteiger partial charge in [0, 0.05) is 17.8 Å². The molecule has 3 rings (SSSR count). The molecule has 0 spiro atoms. The van der Waals surface area contributed by atoms with Crippen LogP contribution >= 0.6 is 0 Å². The van der Waals surface area contributed by atoms with E-state index in [1.54, 1.807) is 18.5 Å². The molecule has 0 saturated carbocycles. The molecule has 0 aliphatic carbocycles. The number of H-pyrrole nitrogens is 1. The second-order valence-corrected chi connectivity index (χ2v) is 4.32. The number of carbonyl (C=O) groups excluding carboxylic acids is 1. The number of fused-ring (bicyclic) bond motifs is 1. The number of hydrogen-bond acceptors (Lipinski definition) is 3. The molecule has 2 heterocycles. The number of nitrogens with one attached hydrogen (secondary N) is 2. The predicted octanol–water partition coefficient (Wildman–Crippen LogP) is 2.65. The Morgan fingerprint density at radius 3 is 3.00 bits per heavy atom. The Bertz CT molecular complexity index is 667. The number of hydrogen-bond donors (Lipinski definition) is 2. The summed E-state index contributed by atoms with van der Waals surface area (Å²) in [7, 11) is 0. The number of benzene rings is 1. The van der Waals surface area contributed by atoms with Gasteiger partial charge in [-0.1, -0.05) is 18.2 Å². The Hall–Kier alpha value is -2.56. The van der Waals surface area contributed by atoms with Crippen molar-refractivity contribution >= 4 is 16.9 Å². The maximum atomic E-state index is 12.1. The Morgan fingerprint density at radius 2 is 2.26 bits per heavy atom. The summed E-state index contributed by atoms with van der Waals surface area (Å²) in [6.07, 6.45) is 3.37. The van der Waals surface area contributed by atoms with Crippen LogP contribution in [0.2, 0.25) is 0 Å². The first-order valence-electron chi connectivity index (χ1n) is 6.03. The molecule has 1 aromatic carbocycles. The lowest BCUT2D eigenvalue weighted by atomic mass is 10.2. The molecule has 0 aliphatic heterocycles. The second-order valence-electron chi connectivity index (χ2n) is 4.32. The Labute approximate surface area is 109 Å². The SMILES string of the molecule is CC(NC(=O)c1cc2ccccc2o1)c1ncc[nH]1. The number of nitrogens with zero attached hydrogens (tertiary/aromatic N) is 1. The smallest absolute Gasteiger partial charge is 0.287 e. The third-order valence-corrected chi connectivity index (χ3v) is 2.93. The van der Waals surface area contributed by atoms with Gasteiger partial charge in [0.05, 0.1) is 6.04 Å². The molecule has 2 N–H and O–H groups in total. The molecule has 96 valence electrons. The maximum absolute atomic E-state index is 12.1. The van der Waals surface area contributed by atoms with E-state index in [9.17, 15) is 4.79 Å². The van der Waals surface area contributed by atoms with E-state index in [0.29, 0.717) is 17.2 Å². The highest BCUT2D eigenvalue weighted by Crippen LogP contribution is 2.19. The fraction of sp³-hybridized carbons (Fsp3) is 0.143. The van der Waals surface area contributed by atoms with Crippen LogP contribution in [0.15, 0.2) is 47.1 Å². The van der Waals surface area contributed by atoms with Gasteiger partial charge >= 0.3 is 0 Å². The minimum Gasteiger partial charge on any atom is -0.451 e.